The molecule has 0 aromatic carbocycles. The van der Waals surface area contributed by atoms with Crippen molar-refractivity contribution in [3.8, 4) is 11.3 Å². The van der Waals surface area contributed by atoms with Gasteiger partial charge in [0, 0.05) is 44.1 Å². The second kappa shape index (κ2) is 8.14. The van der Waals surface area contributed by atoms with Crippen LogP contribution < -0.4 is 5.32 Å². The predicted molar refractivity (Wildman–Crippen MR) is 103 cm³/mol. The maximum Gasteiger partial charge on any atom is 0.223 e. The molecule has 0 radical (unpaired) electrons. The van der Waals surface area contributed by atoms with Crippen LogP contribution in [0.1, 0.15) is 38.3 Å². The average molecular weight is 358 g/mol. The van der Waals surface area contributed by atoms with Crippen LogP contribution in [0.3, 0.4) is 0 Å². The highest BCUT2D eigenvalue weighted by Crippen LogP contribution is 2.25. The Hall–Kier alpha value is -1.99. The van der Waals surface area contributed by atoms with Crippen molar-refractivity contribution in [1.29, 1.82) is 0 Å². The van der Waals surface area contributed by atoms with Crippen LogP contribution in [0.4, 0.5) is 5.95 Å². The SMILES string of the molecule is CCCn1cc(-c2ccnc(NCCC3(O)CCN(C)CC3)n2)c(C)n1. The number of hydrogen-bond donors (Lipinski definition) is 2. The lowest BCUT2D eigenvalue weighted by atomic mass is 9.88. The predicted octanol–water partition coefficient (Wildman–Crippen LogP) is 2.32. The molecule has 0 atom stereocenters. The number of hydrogen-bond acceptors (Lipinski definition) is 6. The normalized spacial score (nSPS) is 17.4. The molecule has 26 heavy (non-hydrogen) atoms. The second-order valence-electron chi connectivity index (χ2n) is 7.36. The highest BCUT2D eigenvalue weighted by atomic mass is 16.3. The third kappa shape index (κ3) is 4.59. The first-order valence-electron chi connectivity index (χ1n) is 9.51. The molecule has 3 heterocycles. The fraction of sp³-hybridized carbons (Fsp3) is 0.632. The molecule has 0 unspecified atom stereocenters. The van der Waals surface area contributed by atoms with Gasteiger partial charge in [-0.05, 0) is 45.7 Å². The fourth-order valence-corrected chi connectivity index (χ4v) is 3.40. The minimum atomic E-state index is -0.574. The maximum atomic E-state index is 10.7. The number of rotatable bonds is 7. The summed E-state index contributed by atoms with van der Waals surface area (Å²) in [5.74, 6) is 0.599. The Labute approximate surface area is 155 Å². The number of piperidine rings is 1. The molecule has 2 N–H and O–H groups in total. The van der Waals surface area contributed by atoms with Gasteiger partial charge in [-0.15, -0.1) is 0 Å². The molecular formula is C19H30N6O. The van der Waals surface area contributed by atoms with Crippen LogP contribution in [0.2, 0.25) is 0 Å². The quantitative estimate of drug-likeness (QED) is 0.791. The van der Waals surface area contributed by atoms with Crippen LogP contribution in [-0.2, 0) is 6.54 Å². The van der Waals surface area contributed by atoms with E-state index in [9.17, 15) is 5.11 Å². The topological polar surface area (TPSA) is 79.1 Å². The van der Waals surface area contributed by atoms with Crippen molar-refractivity contribution in [2.75, 3.05) is 32.0 Å². The molecule has 142 valence electrons. The molecule has 0 spiro atoms. The van der Waals surface area contributed by atoms with Gasteiger partial charge in [-0.25, -0.2) is 9.97 Å². The summed E-state index contributed by atoms with van der Waals surface area (Å²) in [5.41, 5.74) is 2.32. The zero-order valence-electron chi connectivity index (χ0n) is 16.1. The Morgan fingerprint density at radius 2 is 2.08 bits per heavy atom. The van der Waals surface area contributed by atoms with Gasteiger partial charge in [-0.3, -0.25) is 4.68 Å². The monoisotopic (exact) mass is 358 g/mol. The molecule has 0 saturated carbocycles. The van der Waals surface area contributed by atoms with Crippen LogP contribution in [-0.4, -0.2) is 62.0 Å². The number of aliphatic hydroxyl groups is 1. The molecule has 1 aliphatic rings. The third-order valence-corrected chi connectivity index (χ3v) is 5.12. The average Bonchev–Trinajstić information content (AvgIpc) is 2.99. The molecule has 7 heteroatoms. The Morgan fingerprint density at radius 3 is 2.81 bits per heavy atom. The van der Waals surface area contributed by atoms with Gasteiger partial charge in [0.15, 0.2) is 0 Å². The summed E-state index contributed by atoms with van der Waals surface area (Å²) in [6.45, 7) is 7.61. The van der Waals surface area contributed by atoms with Gasteiger partial charge in [0.1, 0.15) is 0 Å². The largest absolute Gasteiger partial charge is 0.390 e. The van der Waals surface area contributed by atoms with E-state index >= 15 is 0 Å². The van der Waals surface area contributed by atoms with Crippen molar-refractivity contribution < 1.29 is 5.11 Å². The van der Waals surface area contributed by atoms with Gasteiger partial charge in [0.25, 0.3) is 0 Å². The Kier molecular flexibility index (Phi) is 5.88. The lowest BCUT2D eigenvalue weighted by Gasteiger charge is -2.36. The lowest BCUT2D eigenvalue weighted by molar-refractivity contribution is -0.0194. The zero-order valence-corrected chi connectivity index (χ0v) is 16.1. The van der Waals surface area contributed by atoms with Gasteiger partial charge < -0.3 is 15.3 Å². The second-order valence-corrected chi connectivity index (χ2v) is 7.36. The minimum absolute atomic E-state index is 0.574. The molecular weight excluding hydrogens is 328 g/mol. The van der Waals surface area contributed by atoms with E-state index in [2.05, 4.69) is 39.3 Å². The van der Waals surface area contributed by atoms with Crippen molar-refractivity contribution in [3.63, 3.8) is 0 Å². The third-order valence-electron chi connectivity index (χ3n) is 5.12. The first-order valence-corrected chi connectivity index (χ1v) is 9.51. The molecule has 7 nitrogen and oxygen atoms in total. The van der Waals surface area contributed by atoms with E-state index in [0.29, 0.717) is 18.9 Å². The van der Waals surface area contributed by atoms with E-state index in [1.54, 1.807) is 6.20 Å². The first kappa shape index (κ1) is 18.8. The Bertz CT molecular complexity index is 721. The van der Waals surface area contributed by atoms with Crippen molar-refractivity contribution in [3.05, 3.63) is 24.2 Å². The number of anilines is 1. The van der Waals surface area contributed by atoms with E-state index in [0.717, 1.165) is 55.8 Å². The molecule has 0 bridgehead atoms. The van der Waals surface area contributed by atoms with Crippen molar-refractivity contribution in [2.24, 2.45) is 0 Å². The summed E-state index contributed by atoms with van der Waals surface area (Å²) in [4.78, 5) is 11.2. The summed E-state index contributed by atoms with van der Waals surface area (Å²) in [6.07, 6.45) is 7.22. The van der Waals surface area contributed by atoms with E-state index in [-0.39, 0.29) is 0 Å². The smallest absolute Gasteiger partial charge is 0.223 e. The van der Waals surface area contributed by atoms with Gasteiger partial charge >= 0.3 is 0 Å². The maximum absolute atomic E-state index is 10.7. The molecule has 2 aromatic rings. The number of nitrogens with zero attached hydrogens (tertiary/aromatic N) is 5. The van der Waals surface area contributed by atoms with Gasteiger partial charge in [0.2, 0.25) is 5.95 Å². The summed E-state index contributed by atoms with van der Waals surface area (Å²) >= 11 is 0. The Morgan fingerprint density at radius 1 is 1.31 bits per heavy atom. The fourth-order valence-electron chi connectivity index (χ4n) is 3.40. The van der Waals surface area contributed by atoms with E-state index < -0.39 is 5.60 Å². The number of likely N-dealkylation sites (tertiary alicyclic amines) is 1. The van der Waals surface area contributed by atoms with Crippen molar-refractivity contribution in [1.82, 2.24) is 24.6 Å². The molecule has 1 aliphatic heterocycles. The number of aryl methyl sites for hydroxylation is 2. The summed E-state index contributed by atoms with van der Waals surface area (Å²) < 4.78 is 1.97. The molecule has 0 amide bonds. The standard InChI is InChI=1S/C19H30N6O/c1-4-11-25-14-16(15(2)23-25)17-5-9-20-18(22-17)21-10-6-19(26)7-12-24(3)13-8-19/h5,9,14,26H,4,6-8,10-13H2,1-3H3,(H,20,21,22). The van der Waals surface area contributed by atoms with Crippen LogP contribution >= 0.6 is 0 Å². The summed E-state index contributed by atoms with van der Waals surface area (Å²) in [6, 6.07) is 1.91. The molecule has 3 rings (SSSR count). The number of aromatic nitrogens is 4. The van der Waals surface area contributed by atoms with Crippen LogP contribution in [0.25, 0.3) is 11.3 Å². The highest BCUT2D eigenvalue weighted by molar-refractivity contribution is 5.61. The first-order chi connectivity index (χ1) is 12.5. The van der Waals surface area contributed by atoms with Crippen molar-refractivity contribution in [2.45, 2.75) is 51.7 Å². The summed E-state index contributed by atoms with van der Waals surface area (Å²) in [7, 11) is 2.10. The van der Waals surface area contributed by atoms with E-state index in [1.807, 2.05) is 23.9 Å². The van der Waals surface area contributed by atoms with Gasteiger partial charge in [0.05, 0.1) is 17.0 Å². The molecule has 1 fully saturated rings. The number of nitrogens with one attached hydrogen (secondary N) is 1. The van der Waals surface area contributed by atoms with Gasteiger partial charge in [-0.1, -0.05) is 6.92 Å². The zero-order chi connectivity index (χ0) is 18.6. The minimum Gasteiger partial charge on any atom is -0.390 e. The van der Waals surface area contributed by atoms with Crippen LogP contribution in [0.15, 0.2) is 18.5 Å². The van der Waals surface area contributed by atoms with E-state index in [1.165, 1.54) is 0 Å². The van der Waals surface area contributed by atoms with Gasteiger partial charge in [-0.2, -0.15) is 5.10 Å². The van der Waals surface area contributed by atoms with Crippen LogP contribution in [0.5, 0.6) is 0 Å². The highest BCUT2D eigenvalue weighted by Gasteiger charge is 2.30. The molecule has 0 aliphatic carbocycles. The molecule has 1 saturated heterocycles. The Balaban J connectivity index is 1.61. The molecule has 2 aromatic heterocycles. The van der Waals surface area contributed by atoms with Crippen LogP contribution in [0, 0.1) is 6.92 Å². The summed E-state index contributed by atoms with van der Waals surface area (Å²) in [5, 5.41) is 18.5. The van der Waals surface area contributed by atoms with Crippen molar-refractivity contribution >= 4 is 5.95 Å². The van der Waals surface area contributed by atoms with E-state index in [4.69, 9.17) is 0 Å². The lowest BCUT2D eigenvalue weighted by Crippen LogP contribution is -2.43.